The first kappa shape index (κ1) is 15.3. The van der Waals surface area contributed by atoms with Crippen molar-refractivity contribution in [2.24, 2.45) is 0 Å². The summed E-state index contributed by atoms with van der Waals surface area (Å²) in [4.78, 5) is 12.5. The molecular formula is C15H13BrN4O3. The Labute approximate surface area is 140 Å². The van der Waals surface area contributed by atoms with Gasteiger partial charge in [0.1, 0.15) is 6.33 Å². The second-order valence-corrected chi connectivity index (χ2v) is 5.57. The summed E-state index contributed by atoms with van der Waals surface area (Å²) < 4.78 is 12.9. The SMILES string of the molecule is COc1ccc(C(=O)Nc2cc(Br)cn3cnnc23)cc1OC. The van der Waals surface area contributed by atoms with Gasteiger partial charge in [-0.2, -0.15) is 0 Å². The van der Waals surface area contributed by atoms with E-state index in [1.54, 1.807) is 48.3 Å². The van der Waals surface area contributed by atoms with Gasteiger partial charge >= 0.3 is 0 Å². The maximum atomic E-state index is 12.5. The summed E-state index contributed by atoms with van der Waals surface area (Å²) >= 11 is 3.39. The zero-order valence-electron chi connectivity index (χ0n) is 12.4. The molecule has 0 fully saturated rings. The summed E-state index contributed by atoms with van der Waals surface area (Å²) in [6.07, 6.45) is 3.37. The molecule has 0 bridgehead atoms. The minimum Gasteiger partial charge on any atom is -0.493 e. The Balaban J connectivity index is 1.93. The molecule has 3 rings (SSSR count). The van der Waals surface area contributed by atoms with Crippen LogP contribution in [0.5, 0.6) is 11.5 Å². The number of nitrogens with one attached hydrogen (secondary N) is 1. The first-order valence-electron chi connectivity index (χ1n) is 6.64. The standard InChI is InChI=1S/C15H13BrN4O3/c1-22-12-4-3-9(5-13(12)23-2)15(21)18-11-6-10(16)7-20-8-17-19-14(11)20/h3-8H,1-2H3,(H,18,21). The number of benzene rings is 1. The Kier molecular flexibility index (Phi) is 4.16. The molecule has 1 aromatic carbocycles. The van der Waals surface area contributed by atoms with Crippen molar-refractivity contribution in [1.29, 1.82) is 0 Å². The first-order chi connectivity index (χ1) is 11.1. The van der Waals surface area contributed by atoms with E-state index in [-0.39, 0.29) is 5.91 Å². The number of carbonyl (C=O) groups excluding carboxylic acids is 1. The van der Waals surface area contributed by atoms with Crippen LogP contribution in [0.1, 0.15) is 10.4 Å². The van der Waals surface area contributed by atoms with Crippen LogP contribution in [0.2, 0.25) is 0 Å². The van der Waals surface area contributed by atoms with Gasteiger partial charge in [0.2, 0.25) is 0 Å². The largest absolute Gasteiger partial charge is 0.493 e. The van der Waals surface area contributed by atoms with Gasteiger partial charge in [-0.15, -0.1) is 10.2 Å². The molecule has 0 saturated heterocycles. The molecule has 2 aromatic heterocycles. The average molecular weight is 377 g/mol. The van der Waals surface area contributed by atoms with Crippen molar-refractivity contribution >= 4 is 33.2 Å². The summed E-state index contributed by atoms with van der Waals surface area (Å²) in [6.45, 7) is 0. The van der Waals surface area contributed by atoms with E-state index < -0.39 is 0 Å². The maximum absolute atomic E-state index is 12.5. The molecule has 0 atom stereocenters. The molecule has 2 heterocycles. The van der Waals surface area contributed by atoms with Crippen LogP contribution in [0, 0.1) is 0 Å². The molecule has 3 aromatic rings. The normalized spacial score (nSPS) is 10.6. The lowest BCUT2D eigenvalue weighted by Gasteiger charge is -2.10. The molecule has 118 valence electrons. The lowest BCUT2D eigenvalue weighted by atomic mass is 10.2. The van der Waals surface area contributed by atoms with Crippen molar-refractivity contribution < 1.29 is 14.3 Å². The van der Waals surface area contributed by atoms with Gasteiger partial charge in [-0.05, 0) is 40.2 Å². The maximum Gasteiger partial charge on any atom is 0.255 e. The molecule has 0 aliphatic heterocycles. The molecule has 0 aliphatic rings. The number of pyridine rings is 1. The van der Waals surface area contributed by atoms with Gasteiger partial charge in [0.15, 0.2) is 17.1 Å². The van der Waals surface area contributed by atoms with Gasteiger partial charge in [-0.1, -0.05) is 0 Å². The van der Waals surface area contributed by atoms with Crippen LogP contribution in [-0.2, 0) is 0 Å². The number of ether oxygens (including phenoxy) is 2. The molecule has 23 heavy (non-hydrogen) atoms. The lowest BCUT2D eigenvalue weighted by molar-refractivity contribution is 0.102. The molecule has 7 nitrogen and oxygen atoms in total. The Bertz CT molecular complexity index is 878. The predicted molar refractivity (Wildman–Crippen MR) is 88.2 cm³/mol. The van der Waals surface area contributed by atoms with Crippen molar-refractivity contribution in [3.8, 4) is 11.5 Å². The molecular weight excluding hydrogens is 364 g/mol. The number of methoxy groups -OCH3 is 2. The number of halogens is 1. The minimum absolute atomic E-state index is 0.283. The number of fused-ring (bicyclic) bond motifs is 1. The molecule has 1 amide bonds. The van der Waals surface area contributed by atoms with Gasteiger partial charge in [-0.25, -0.2) is 0 Å². The second-order valence-electron chi connectivity index (χ2n) is 4.66. The minimum atomic E-state index is -0.283. The van der Waals surface area contributed by atoms with E-state index in [4.69, 9.17) is 9.47 Å². The zero-order valence-corrected chi connectivity index (χ0v) is 14.0. The number of hydrogen-bond donors (Lipinski definition) is 1. The summed E-state index contributed by atoms with van der Waals surface area (Å²) in [5.41, 5.74) is 1.55. The Hall–Kier alpha value is -2.61. The number of rotatable bonds is 4. The number of nitrogens with zero attached hydrogens (tertiary/aromatic N) is 3. The topological polar surface area (TPSA) is 77.8 Å². The van der Waals surface area contributed by atoms with E-state index in [0.717, 1.165) is 4.47 Å². The molecule has 0 radical (unpaired) electrons. The van der Waals surface area contributed by atoms with Crippen LogP contribution in [0.15, 0.2) is 41.3 Å². The highest BCUT2D eigenvalue weighted by molar-refractivity contribution is 9.10. The molecule has 0 aliphatic carbocycles. The van der Waals surface area contributed by atoms with Gasteiger partial charge in [0, 0.05) is 16.2 Å². The molecule has 0 spiro atoms. The van der Waals surface area contributed by atoms with Crippen LogP contribution in [-0.4, -0.2) is 34.7 Å². The highest BCUT2D eigenvalue weighted by Crippen LogP contribution is 2.28. The second kappa shape index (κ2) is 6.25. The monoisotopic (exact) mass is 376 g/mol. The highest BCUT2D eigenvalue weighted by Gasteiger charge is 2.13. The fourth-order valence-electron chi connectivity index (χ4n) is 2.17. The van der Waals surface area contributed by atoms with Gasteiger partial charge in [-0.3, -0.25) is 9.20 Å². The summed E-state index contributed by atoms with van der Waals surface area (Å²) in [5, 5.41) is 10.7. The molecule has 0 unspecified atom stereocenters. The van der Waals surface area contributed by atoms with E-state index in [9.17, 15) is 4.79 Å². The third-order valence-electron chi connectivity index (χ3n) is 3.25. The van der Waals surface area contributed by atoms with Crippen LogP contribution in [0.25, 0.3) is 5.65 Å². The zero-order chi connectivity index (χ0) is 16.4. The van der Waals surface area contributed by atoms with Crippen LogP contribution in [0.4, 0.5) is 5.69 Å². The number of amides is 1. The average Bonchev–Trinajstić information content (AvgIpc) is 3.02. The fourth-order valence-corrected chi connectivity index (χ4v) is 2.62. The van der Waals surface area contributed by atoms with Crippen molar-refractivity contribution in [3.05, 3.63) is 46.8 Å². The summed E-state index contributed by atoms with van der Waals surface area (Å²) in [6, 6.07) is 6.73. The number of carbonyl (C=O) groups is 1. The third kappa shape index (κ3) is 2.98. The van der Waals surface area contributed by atoms with Crippen LogP contribution >= 0.6 is 15.9 Å². The van der Waals surface area contributed by atoms with Gasteiger partial charge < -0.3 is 14.8 Å². The van der Waals surface area contributed by atoms with Crippen molar-refractivity contribution in [2.45, 2.75) is 0 Å². The fraction of sp³-hybridized carbons (Fsp3) is 0.133. The highest BCUT2D eigenvalue weighted by atomic mass is 79.9. The van der Waals surface area contributed by atoms with Gasteiger partial charge in [0.25, 0.3) is 5.91 Å². The third-order valence-corrected chi connectivity index (χ3v) is 3.69. The predicted octanol–water partition coefficient (Wildman–Crippen LogP) is 2.76. The number of aromatic nitrogens is 3. The van der Waals surface area contributed by atoms with E-state index in [2.05, 4.69) is 31.4 Å². The quantitative estimate of drug-likeness (QED) is 0.757. The Morgan fingerprint density at radius 1 is 1.22 bits per heavy atom. The van der Waals surface area contributed by atoms with Crippen molar-refractivity contribution in [3.63, 3.8) is 0 Å². The van der Waals surface area contributed by atoms with Crippen LogP contribution in [0.3, 0.4) is 0 Å². The Morgan fingerprint density at radius 3 is 2.74 bits per heavy atom. The lowest BCUT2D eigenvalue weighted by Crippen LogP contribution is -2.13. The van der Waals surface area contributed by atoms with E-state index in [0.29, 0.717) is 28.4 Å². The smallest absolute Gasteiger partial charge is 0.255 e. The summed E-state index contributed by atoms with van der Waals surface area (Å²) in [7, 11) is 3.06. The summed E-state index contributed by atoms with van der Waals surface area (Å²) in [5.74, 6) is 0.766. The molecule has 0 saturated carbocycles. The van der Waals surface area contributed by atoms with Gasteiger partial charge in [0.05, 0.1) is 19.9 Å². The number of hydrogen-bond acceptors (Lipinski definition) is 5. The van der Waals surface area contributed by atoms with Crippen LogP contribution < -0.4 is 14.8 Å². The van der Waals surface area contributed by atoms with E-state index >= 15 is 0 Å². The van der Waals surface area contributed by atoms with Crippen molar-refractivity contribution in [1.82, 2.24) is 14.6 Å². The number of anilines is 1. The first-order valence-corrected chi connectivity index (χ1v) is 7.44. The molecule has 8 heteroatoms. The molecule has 1 N–H and O–H groups in total. The van der Waals surface area contributed by atoms with Crippen molar-refractivity contribution in [2.75, 3.05) is 19.5 Å². The van der Waals surface area contributed by atoms with E-state index in [1.165, 1.54) is 7.11 Å². The van der Waals surface area contributed by atoms with E-state index in [1.807, 2.05) is 0 Å². The Morgan fingerprint density at radius 2 is 2.00 bits per heavy atom.